The Bertz CT molecular complexity index is 1560. The number of nitrogens with one attached hydrogen (secondary N) is 2. The summed E-state index contributed by atoms with van der Waals surface area (Å²) in [6, 6.07) is 10.2. The van der Waals surface area contributed by atoms with Gasteiger partial charge in [0.15, 0.2) is 0 Å². The lowest BCUT2D eigenvalue weighted by Gasteiger charge is -2.30. The highest BCUT2D eigenvalue weighted by atomic mass is 35.5. The highest BCUT2D eigenvalue weighted by molar-refractivity contribution is 6.36. The van der Waals surface area contributed by atoms with Gasteiger partial charge in [0.25, 0.3) is 0 Å². The maximum atomic E-state index is 13.6. The number of hydrogen-bond acceptors (Lipinski definition) is 7. The molecule has 9 nitrogen and oxygen atoms in total. The van der Waals surface area contributed by atoms with Crippen LogP contribution in [0, 0.1) is 17.1 Å². The standard InChI is InChI=1S/C26H23Cl2FN8O/c1-15(38)36-6-4-20(5-7-36)37-14-19(34-35-37)13-31-18-8-21-25(33-17-2-3-24(29)22(27)9-17)16(11-30)12-32-26(21)23(28)10-18/h2-3,8-10,12,14,20,31H,4-7,13H2,1H3,(H,32,33). The molecule has 1 aliphatic rings. The quantitative estimate of drug-likeness (QED) is 0.316. The van der Waals surface area contributed by atoms with Crippen molar-refractivity contribution in [2.24, 2.45) is 0 Å². The molecule has 4 aromatic rings. The number of fused-ring (bicyclic) bond motifs is 1. The van der Waals surface area contributed by atoms with Crippen LogP contribution in [0.3, 0.4) is 0 Å². The maximum absolute atomic E-state index is 13.6. The van der Waals surface area contributed by atoms with Gasteiger partial charge < -0.3 is 15.5 Å². The van der Waals surface area contributed by atoms with Gasteiger partial charge in [0.05, 0.1) is 45.6 Å². The predicted molar refractivity (Wildman–Crippen MR) is 144 cm³/mol. The van der Waals surface area contributed by atoms with Crippen molar-refractivity contribution < 1.29 is 9.18 Å². The number of halogens is 3. The van der Waals surface area contributed by atoms with Crippen molar-refractivity contribution in [1.29, 1.82) is 5.26 Å². The van der Waals surface area contributed by atoms with Crippen LogP contribution < -0.4 is 10.6 Å². The van der Waals surface area contributed by atoms with Crippen molar-refractivity contribution in [2.45, 2.75) is 32.4 Å². The van der Waals surface area contributed by atoms with Crippen molar-refractivity contribution in [1.82, 2.24) is 24.9 Å². The van der Waals surface area contributed by atoms with Gasteiger partial charge in [0.2, 0.25) is 5.91 Å². The molecule has 0 unspecified atom stereocenters. The molecule has 0 spiro atoms. The molecule has 1 fully saturated rings. The second-order valence-corrected chi connectivity index (χ2v) is 9.86. The average Bonchev–Trinajstić information content (AvgIpc) is 3.39. The van der Waals surface area contributed by atoms with Gasteiger partial charge in [0, 0.05) is 43.0 Å². The van der Waals surface area contributed by atoms with E-state index in [2.05, 4.69) is 32.0 Å². The molecule has 0 bridgehead atoms. The molecule has 2 aromatic carbocycles. The summed E-state index contributed by atoms with van der Waals surface area (Å²) in [5, 5.41) is 25.7. The summed E-state index contributed by atoms with van der Waals surface area (Å²) in [5.41, 5.74) is 3.25. The Morgan fingerprint density at radius 2 is 1.95 bits per heavy atom. The van der Waals surface area contributed by atoms with Crippen LogP contribution in [0.25, 0.3) is 10.9 Å². The molecule has 0 saturated carbocycles. The monoisotopic (exact) mass is 552 g/mol. The van der Waals surface area contributed by atoms with E-state index in [4.69, 9.17) is 23.2 Å². The Morgan fingerprint density at radius 1 is 1.18 bits per heavy atom. The first-order valence-corrected chi connectivity index (χ1v) is 12.7. The number of amides is 1. The molecule has 1 aliphatic heterocycles. The predicted octanol–water partition coefficient (Wildman–Crippen LogP) is 5.68. The lowest BCUT2D eigenvalue weighted by Crippen LogP contribution is -2.37. The summed E-state index contributed by atoms with van der Waals surface area (Å²) >= 11 is 12.5. The number of benzene rings is 2. The average molecular weight is 553 g/mol. The lowest BCUT2D eigenvalue weighted by molar-refractivity contribution is -0.130. The smallest absolute Gasteiger partial charge is 0.219 e. The zero-order valence-electron chi connectivity index (χ0n) is 20.4. The number of rotatable bonds is 6. The largest absolute Gasteiger partial charge is 0.379 e. The van der Waals surface area contributed by atoms with E-state index in [9.17, 15) is 14.4 Å². The molecule has 1 saturated heterocycles. The van der Waals surface area contributed by atoms with Crippen LogP contribution >= 0.6 is 23.2 Å². The first-order chi connectivity index (χ1) is 18.3. The summed E-state index contributed by atoms with van der Waals surface area (Å²) in [5.74, 6) is -0.442. The van der Waals surface area contributed by atoms with Crippen LogP contribution in [0.2, 0.25) is 10.0 Å². The van der Waals surface area contributed by atoms with E-state index >= 15 is 0 Å². The zero-order chi connectivity index (χ0) is 26.8. The number of anilines is 3. The van der Waals surface area contributed by atoms with E-state index in [1.807, 2.05) is 21.8 Å². The molecule has 3 heterocycles. The number of nitriles is 1. The molecule has 12 heteroatoms. The summed E-state index contributed by atoms with van der Waals surface area (Å²) in [6.45, 7) is 3.41. The Balaban J connectivity index is 1.36. The first kappa shape index (κ1) is 25.7. The SMILES string of the molecule is CC(=O)N1CCC(n2cc(CNc3cc(Cl)c4ncc(C#N)c(Nc5ccc(F)c(Cl)c5)c4c3)nn2)CC1. The van der Waals surface area contributed by atoms with Gasteiger partial charge >= 0.3 is 0 Å². The van der Waals surface area contributed by atoms with Crippen molar-refractivity contribution in [2.75, 3.05) is 23.7 Å². The van der Waals surface area contributed by atoms with Crippen molar-refractivity contribution in [3.8, 4) is 6.07 Å². The molecular formula is C26H23Cl2FN8O. The van der Waals surface area contributed by atoms with Crippen LogP contribution in [-0.4, -0.2) is 43.9 Å². The van der Waals surface area contributed by atoms with Crippen LogP contribution in [0.5, 0.6) is 0 Å². The fraction of sp³-hybridized carbons (Fsp3) is 0.269. The topological polar surface area (TPSA) is 112 Å². The van der Waals surface area contributed by atoms with Gasteiger partial charge in [-0.1, -0.05) is 28.4 Å². The van der Waals surface area contributed by atoms with Crippen LogP contribution in [0.1, 0.15) is 37.1 Å². The number of nitrogens with zero attached hydrogens (tertiary/aromatic N) is 6. The Kier molecular flexibility index (Phi) is 7.31. The zero-order valence-corrected chi connectivity index (χ0v) is 21.9. The third kappa shape index (κ3) is 5.35. The molecule has 5 rings (SSSR count). The van der Waals surface area contributed by atoms with E-state index in [1.54, 1.807) is 13.0 Å². The Morgan fingerprint density at radius 3 is 2.66 bits per heavy atom. The summed E-state index contributed by atoms with van der Waals surface area (Å²) < 4.78 is 15.5. The highest BCUT2D eigenvalue weighted by Gasteiger charge is 2.23. The van der Waals surface area contributed by atoms with Gasteiger partial charge in [-0.2, -0.15) is 5.26 Å². The molecule has 38 heavy (non-hydrogen) atoms. The van der Waals surface area contributed by atoms with Crippen LogP contribution in [-0.2, 0) is 11.3 Å². The highest BCUT2D eigenvalue weighted by Crippen LogP contribution is 2.35. The summed E-state index contributed by atoms with van der Waals surface area (Å²) in [6.07, 6.45) is 5.01. The molecule has 0 atom stereocenters. The van der Waals surface area contributed by atoms with Gasteiger partial charge in [-0.25, -0.2) is 9.07 Å². The molecule has 2 N–H and O–H groups in total. The molecule has 2 aromatic heterocycles. The van der Waals surface area contributed by atoms with Gasteiger partial charge in [-0.15, -0.1) is 5.10 Å². The minimum absolute atomic E-state index is 0.0373. The van der Waals surface area contributed by atoms with E-state index in [1.165, 1.54) is 24.4 Å². The number of hydrogen-bond donors (Lipinski definition) is 2. The molecule has 0 radical (unpaired) electrons. The molecule has 0 aliphatic carbocycles. The lowest BCUT2D eigenvalue weighted by atomic mass is 10.1. The number of pyridine rings is 1. The maximum Gasteiger partial charge on any atom is 0.219 e. The van der Waals surface area contributed by atoms with E-state index in [0.717, 1.165) is 18.5 Å². The number of carbonyl (C=O) groups is 1. The first-order valence-electron chi connectivity index (χ1n) is 12.0. The minimum atomic E-state index is -0.537. The normalized spacial score (nSPS) is 13.9. The third-order valence-corrected chi connectivity index (χ3v) is 7.13. The van der Waals surface area contributed by atoms with Crippen molar-refractivity contribution in [3.63, 3.8) is 0 Å². The third-order valence-electron chi connectivity index (χ3n) is 6.55. The second-order valence-electron chi connectivity index (χ2n) is 9.05. The number of carbonyl (C=O) groups excluding carboxylic acids is 1. The van der Waals surface area contributed by atoms with Crippen molar-refractivity contribution in [3.05, 3.63) is 69.8 Å². The fourth-order valence-corrected chi connectivity index (χ4v) is 4.96. The van der Waals surface area contributed by atoms with E-state index < -0.39 is 5.82 Å². The Labute approximate surface area is 228 Å². The Hall–Kier alpha value is -3.94. The number of likely N-dealkylation sites (tertiary alicyclic amines) is 1. The summed E-state index contributed by atoms with van der Waals surface area (Å²) in [4.78, 5) is 17.8. The number of aromatic nitrogens is 4. The van der Waals surface area contributed by atoms with Crippen molar-refractivity contribution >= 4 is 57.1 Å². The molecule has 1 amide bonds. The minimum Gasteiger partial charge on any atom is -0.379 e. The summed E-state index contributed by atoms with van der Waals surface area (Å²) in [7, 11) is 0. The molecular weight excluding hydrogens is 530 g/mol. The van der Waals surface area contributed by atoms with Gasteiger partial charge in [0.1, 0.15) is 17.6 Å². The van der Waals surface area contributed by atoms with E-state index in [-0.39, 0.29) is 17.0 Å². The van der Waals surface area contributed by atoms with Crippen LogP contribution in [0.4, 0.5) is 21.5 Å². The number of piperidine rings is 1. The molecule has 194 valence electrons. The van der Waals surface area contributed by atoms with Gasteiger partial charge in [-0.3, -0.25) is 9.78 Å². The van der Waals surface area contributed by atoms with Crippen LogP contribution in [0.15, 0.2) is 42.7 Å². The fourth-order valence-electron chi connectivity index (χ4n) is 4.51. The second kappa shape index (κ2) is 10.8. The van der Waals surface area contributed by atoms with E-state index in [0.29, 0.717) is 58.2 Å². The van der Waals surface area contributed by atoms with Gasteiger partial charge in [-0.05, 0) is 43.2 Å².